The zero-order valence-corrected chi connectivity index (χ0v) is 12.1. The fourth-order valence-electron chi connectivity index (χ4n) is 2.08. The molecular formula is C16H17F3N2O. The quantitative estimate of drug-likeness (QED) is 0.915. The largest absolute Gasteiger partial charge is 0.481 e. The zero-order chi connectivity index (χ0) is 16.2. The summed E-state index contributed by atoms with van der Waals surface area (Å²) in [5.41, 5.74) is 7.13. The number of alkyl halides is 3. The Morgan fingerprint density at radius 2 is 1.82 bits per heavy atom. The molecule has 0 aliphatic rings. The van der Waals surface area contributed by atoms with Crippen LogP contribution in [0.15, 0.2) is 42.6 Å². The van der Waals surface area contributed by atoms with E-state index in [1.165, 1.54) is 19.2 Å². The van der Waals surface area contributed by atoms with Crippen LogP contribution in [-0.2, 0) is 12.6 Å². The highest BCUT2D eigenvalue weighted by Gasteiger charge is 2.29. The van der Waals surface area contributed by atoms with Crippen LogP contribution in [0.3, 0.4) is 0 Å². The second-order valence-corrected chi connectivity index (χ2v) is 4.97. The molecule has 22 heavy (non-hydrogen) atoms. The lowest BCUT2D eigenvalue weighted by Gasteiger charge is -2.12. The summed E-state index contributed by atoms with van der Waals surface area (Å²) in [6, 6.07) is 8.51. The summed E-state index contributed by atoms with van der Waals surface area (Å²) in [5.74, 6) is 0.513. The first-order valence-corrected chi connectivity index (χ1v) is 6.82. The van der Waals surface area contributed by atoms with Crippen molar-refractivity contribution in [3.05, 3.63) is 59.3 Å². The Bertz CT molecular complexity index is 594. The maximum Gasteiger partial charge on any atom is 0.416 e. The summed E-state index contributed by atoms with van der Waals surface area (Å²) in [4.78, 5) is 4.08. The smallest absolute Gasteiger partial charge is 0.416 e. The second kappa shape index (κ2) is 6.79. The molecule has 2 N–H and O–H groups in total. The van der Waals surface area contributed by atoms with Crippen LogP contribution in [0, 0.1) is 0 Å². The molecule has 0 amide bonds. The Morgan fingerprint density at radius 1 is 1.14 bits per heavy atom. The number of nitrogens with zero attached hydrogens (tertiary/aromatic N) is 1. The Morgan fingerprint density at radius 3 is 2.32 bits per heavy atom. The van der Waals surface area contributed by atoms with Crippen molar-refractivity contribution in [3.63, 3.8) is 0 Å². The van der Waals surface area contributed by atoms with E-state index < -0.39 is 11.7 Å². The number of nitrogens with two attached hydrogens (primary N) is 1. The van der Waals surface area contributed by atoms with Crippen molar-refractivity contribution < 1.29 is 17.9 Å². The standard InChI is InChI=1S/C16H17F3N2O/c1-22-15-9-5-12(10-21-15)14(20)8-4-11-2-6-13(7-3-11)16(17,18)19/h2-3,5-7,9-10,14H,4,8,20H2,1H3. The van der Waals surface area contributed by atoms with Crippen molar-refractivity contribution in [2.45, 2.75) is 25.1 Å². The van der Waals surface area contributed by atoms with E-state index in [4.69, 9.17) is 10.5 Å². The van der Waals surface area contributed by atoms with Crippen LogP contribution in [-0.4, -0.2) is 12.1 Å². The molecule has 3 nitrogen and oxygen atoms in total. The maximum absolute atomic E-state index is 12.5. The van der Waals surface area contributed by atoms with Crippen molar-refractivity contribution in [3.8, 4) is 5.88 Å². The van der Waals surface area contributed by atoms with Gasteiger partial charge in [-0.1, -0.05) is 18.2 Å². The molecule has 6 heteroatoms. The predicted molar refractivity (Wildman–Crippen MR) is 77.5 cm³/mol. The monoisotopic (exact) mass is 310 g/mol. The lowest BCUT2D eigenvalue weighted by atomic mass is 10.0. The van der Waals surface area contributed by atoms with E-state index in [2.05, 4.69) is 4.98 Å². The Labute approximate surface area is 126 Å². The molecule has 0 spiro atoms. The summed E-state index contributed by atoms with van der Waals surface area (Å²) >= 11 is 0. The predicted octanol–water partition coefficient (Wildman–Crippen LogP) is 3.74. The van der Waals surface area contributed by atoms with Gasteiger partial charge in [-0.2, -0.15) is 13.2 Å². The molecule has 2 aromatic rings. The van der Waals surface area contributed by atoms with E-state index >= 15 is 0 Å². The fraction of sp³-hybridized carbons (Fsp3) is 0.312. The first kappa shape index (κ1) is 16.3. The number of methoxy groups -OCH3 is 1. The first-order valence-electron chi connectivity index (χ1n) is 6.82. The molecule has 0 saturated heterocycles. The normalized spacial score (nSPS) is 13.0. The molecule has 1 unspecified atom stereocenters. The number of hydrogen-bond acceptors (Lipinski definition) is 3. The molecule has 0 saturated carbocycles. The number of hydrogen-bond donors (Lipinski definition) is 1. The van der Waals surface area contributed by atoms with Gasteiger partial charge in [-0.25, -0.2) is 4.98 Å². The van der Waals surface area contributed by atoms with Crippen LogP contribution in [0.2, 0.25) is 0 Å². The molecular weight excluding hydrogens is 293 g/mol. The molecule has 118 valence electrons. The molecule has 0 aliphatic heterocycles. The third-order valence-electron chi connectivity index (χ3n) is 3.42. The van der Waals surface area contributed by atoms with Gasteiger partial charge < -0.3 is 10.5 Å². The highest BCUT2D eigenvalue weighted by Crippen LogP contribution is 2.29. The molecule has 1 aromatic heterocycles. The summed E-state index contributed by atoms with van der Waals surface area (Å²) in [6.07, 6.45) is -1.43. The minimum atomic E-state index is -4.30. The molecule has 1 aromatic carbocycles. The van der Waals surface area contributed by atoms with Gasteiger partial charge >= 0.3 is 6.18 Å². The van der Waals surface area contributed by atoms with Crippen molar-refractivity contribution in [2.24, 2.45) is 5.73 Å². The third kappa shape index (κ3) is 4.21. The van der Waals surface area contributed by atoms with Gasteiger partial charge in [0, 0.05) is 18.3 Å². The lowest BCUT2D eigenvalue weighted by Crippen LogP contribution is -2.12. The van der Waals surface area contributed by atoms with Gasteiger partial charge in [-0.05, 0) is 36.1 Å². The van der Waals surface area contributed by atoms with Crippen LogP contribution in [0.5, 0.6) is 5.88 Å². The number of aromatic nitrogens is 1. The van der Waals surface area contributed by atoms with E-state index in [1.807, 2.05) is 6.07 Å². The summed E-state index contributed by atoms with van der Waals surface area (Å²) < 4.78 is 42.4. The average molecular weight is 310 g/mol. The highest BCUT2D eigenvalue weighted by atomic mass is 19.4. The van der Waals surface area contributed by atoms with Crippen molar-refractivity contribution in [2.75, 3.05) is 7.11 Å². The first-order chi connectivity index (χ1) is 10.4. The third-order valence-corrected chi connectivity index (χ3v) is 3.42. The average Bonchev–Trinajstić information content (AvgIpc) is 2.52. The minimum absolute atomic E-state index is 0.222. The van der Waals surface area contributed by atoms with Gasteiger partial charge in [0.15, 0.2) is 0 Å². The van der Waals surface area contributed by atoms with Gasteiger partial charge in [0.25, 0.3) is 0 Å². The van der Waals surface area contributed by atoms with E-state index in [-0.39, 0.29) is 6.04 Å². The van der Waals surface area contributed by atoms with Crippen LogP contribution in [0.25, 0.3) is 0 Å². The Balaban J connectivity index is 1.94. The Kier molecular flexibility index (Phi) is 5.03. The molecule has 0 bridgehead atoms. The fourth-order valence-corrected chi connectivity index (χ4v) is 2.08. The molecule has 1 heterocycles. The number of ether oxygens (including phenoxy) is 1. The van der Waals surface area contributed by atoms with Gasteiger partial charge in [0.05, 0.1) is 12.7 Å². The molecule has 1 atom stereocenters. The van der Waals surface area contributed by atoms with Crippen LogP contribution < -0.4 is 10.5 Å². The van der Waals surface area contributed by atoms with Crippen molar-refractivity contribution in [1.82, 2.24) is 4.98 Å². The minimum Gasteiger partial charge on any atom is -0.481 e. The number of halogens is 3. The number of pyridine rings is 1. The van der Waals surface area contributed by atoms with Crippen LogP contribution >= 0.6 is 0 Å². The number of aryl methyl sites for hydroxylation is 1. The zero-order valence-electron chi connectivity index (χ0n) is 12.1. The van der Waals surface area contributed by atoms with Crippen LogP contribution in [0.4, 0.5) is 13.2 Å². The van der Waals surface area contributed by atoms with Gasteiger partial charge in [-0.3, -0.25) is 0 Å². The second-order valence-electron chi connectivity index (χ2n) is 4.97. The van der Waals surface area contributed by atoms with E-state index in [0.29, 0.717) is 18.7 Å². The Hall–Kier alpha value is -2.08. The van der Waals surface area contributed by atoms with Crippen LogP contribution in [0.1, 0.15) is 29.2 Å². The molecule has 0 aliphatic carbocycles. The van der Waals surface area contributed by atoms with Gasteiger partial charge in [-0.15, -0.1) is 0 Å². The highest BCUT2D eigenvalue weighted by molar-refractivity contribution is 5.25. The van der Waals surface area contributed by atoms with Gasteiger partial charge in [0.1, 0.15) is 0 Å². The lowest BCUT2D eigenvalue weighted by molar-refractivity contribution is -0.137. The van der Waals surface area contributed by atoms with Crippen molar-refractivity contribution >= 4 is 0 Å². The summed E-state index contributed by atoms with van der Waals surface area (Å²) in [5, 5.41) is 0. The van der Waals surface area contributed by atoms with Crippen molar-refractivity contribution in [1.29, 1.82) is 0 Å². The van der Waals surface area contributed by atoms with E-state index in [9.17, 15) is 13.2 Å². The molecule has 0 fully saturated rings. The number of rotatable bonds is 5. The SMILES string of the molecule is COc1ccc(C(N)CCc2ccc(C(F)(F)F)cc2)cn1. The molecule has 2 rings (SSSR count). The van der Waals surface area contributed by atoms with Gasteiger partial charge in [0.2, 0.25) is 5.88 Å². The van der Waals surface area contributed by atoms with E-state index in [1.54, 1.807) is 12.3 Å². The summed E-state index contributed by atoms with van der Waals surface area (Å²) in [6.45, 7) is 0. The topological polar surface area (TPSA) is 48.1 Å². The maximum atomic E-state index is 12.5. The number of benzene rings is 1. The molecule has 0 radical (unpaired) electrons. The van der Waals surface area contributed by atoms with E-state index in [0.717, 1.165) is 23.3 Å². The summed E-state index contributed by atoms with van der Waals surface area (Å²) in [7, 11) is 1.53.